The summed E-state index contributed by atoms with van der Waals surface area (Å²) in [6.45, 7) is 5.79. The van der Waals surface area contributed by atoms with E-state index in [1.165, 1.54) is 7.11 Å². The Bertz CT molecular complexity index is 643. The number of ether oxygens (including phenoxy) is 1. The molecule has 0 fully saturated rings. The molecule has 7 nitrogen and oxygen atoms in total. The number of carbonyl (C=O) groups is 1. The summed E-state index contributed by atoms with van der Waals surface area (Å²) in [6, 6.07) is 6.94. The van der Waals surface area contributed by atoms with Crippen LogP contribution in [0, 0.1) is 0 Å². The van der Waals surface area contributed by atoms with Crippen molar-refractivity contribution in [3.63, 3.8) is 0 Å². The van der Waals surface area contributed by atoms with Crippen LogP contribution in [-0.2, 0) is 4.74 Å². The Balaban J connectivity index is 2.20. The van der Waals surface area contributed by atoms with Crippen molar-refractivity contribution in [2.24, 2.45) is 0 Å². The number of hydrogen-bond donors (Lipinski definition) is 1. The van der Waals surface area contributed by atoms with E-state index in [4.69, 9.17) is 4.74 Å². The standard InChI is InChI=1S/C15H19N5O2/c1-4-20(5-2)13-10-16-19-15(18-13)17-12-8-6-7-11(9-12)14(21)22-3/h6-10H,4-5H2,1-3H3,(H,17,18,19). The van der Waals surface area contributed by atoms with E-state index in [2.05, 4.69) is 39.2 Å². The highest BCUT2D eigenvalue weighted by Crippen LogP contribution is 2.17. The molecule has 116 valence electrons. The number of aromatic nitrogens is 3. The molecule has 0 aliphatic heterocycles. The Morgan fingerprint density at radius 3 is 2.77 bits per heavy atom. The molecule has 0 atom stereocenters. The number of anilines is 3. The summed E-state index contributed by atoms with van der Waals surface area (Å²) < 4.78 is 4.70. The van der Waals surface area contributed by atoms with Gasteiger partial charge >= 0.3 is 5.97 Å². The van der Waals surface area contributed by atoms with Crippen LogP contribution in [0.2, 0.25) is 0 Å². The summed E-state index contributed by atoms with van der Waals surface area (Å²) in [4.78, 5) is 18.0. The quantitative estimate of drug-likeness (QED) is 0.819. The molecular weight excluding hydrogens is 282 g/mol. The van der Waals surface area contributed by atoms with Gasteiger partial charge < -0.3 is 15.0 Å². The lowest BCUT2D eigenvalue weighted by atomic mass is 10.2. The number of nitrogens with zero attached hydrogens (tertiary/aromatic N) is 4. The SMILES string of the molecule is CCN(CC)c1cnnc(Nc2cccc(C(=O)OC)c2)n1. The zero-order chi connectivity index (χ0) is 15.9. The van der Waals surface area contributed by atoms with Crippen LogP contribution in [0.1, 0.15) is 24.2 Å². The summed E-state index contributed by atoms with van der Waals surface area (Å²) in [6.07, 6.45) is 1.63. The van der Waals surface area contributed by atoms with Crippen molar-refractivity contribution in [3.05, 3.63) is 36.0 Å². The highest BCUT2D eigenvalue weighted by molar-refractivity contribution is 5.90. The van der Waals surface area contributed by atoms with E-state index in [-0.39, 0.29) is 5.97 Å². The molecule has 0 aliphatic carbocycles. The van der Waals surface area contributed by atoms with Crippen molar-refractivity contribution in [2.75, 3.05) is 30.4 Å². The Hall–Kier alpha value is -2.70. The average molecular weight is 301 g/mol. The van der Waals surface area contributed by atoms with Crippen molar-refractivity contribution in [1.29, 1.82) is 0 Å². The van der Waals surface area contributed by atoms with Gasteiger partial charge in [0.1, 0.15) is 0 Å². The van der Waals surface area contributed by atoms with Crippen molar-refractivity contribution < 1.29 is 9.53 Å². The van der Waals surface area contributed by atoms with E-state index < -0.39 is 0 Å². The molecule has 7 heteroatoms. The number of methoxy groups -OCH3 is 1. The Kier molecular flexibility index (Phi) is 5.24. The Morgan fingerprint density at radius 1 is 1.32 bits per heavy atom. The fraction of sp³-hybridized carbons (Fsp3) is 0.333. The van der Waals surface area contributed by atoms with Crippen LogP contribution in [0.3, 0.4) is 0 Å². The third kappa shape index (κ3) is 3.69. The summed E-state index contributed by atoms with van der Waals surface area (Å²) in [7, 11) is 1.35. The van der Waals surface area contributed by atoms with Crippen LogP contribution in [0.25, 0.3) is 0 Å². The summed E-state index contributed by atoms with van der Waals surface area (Å²) in [5.41, 5.74) is 1.15. The van der Waals surface area contributed by atoms with Gasteiger partial charge in [-0.3, -0.25) is 0 Å². The monoisotopic (exact) mass is 301 g/mol. The highest BCUT2D eigenvalue weighted by Gasteiger charge is 2.09. The molecule has 2 rings (SSSR count). The lowest BCUT2D eigenvalue weighted by molar-refractivity contribution is 0.0601. The first-order chi connectivity index (χ1) is 10.7. The summed E-state index contributed by atoms with van der Waals surface area (Å²) >= 11 is 0. The van der Waals surface area contributed by atoms with Crippen LogP contribution < -0.4 is 10.2 Å². The largest absolute Gasteiger partial charge is 0.465 e. The molecule has 1 heterocycles. The van der Waals surface area contributed by atoms with Crippen molar-refractivity contribution in [2.45, 2.75) is 13.8 Å². The number of hydrogen-bond acceptors (Lipinski definition) is 7. The topological polar surface area (TPSA) is 80.2 Å². The molecule has 0 bridgehead atoms. The van der Waals surface area contributed by atoms with Crippen molar-refractivity contribution in [3.8, 4) is 0 Å². The number of benzene rings is 1. The smallest absolute Gasteiger partial charge is 0.337 e. The molecule has 0 spiro atoms. The number of nitrogens with one attached hydrogen (secondary N) is 1. The van der Waals surface area contributed by atoms with Gasteiger partial charge in [0.15, 0.2) is 5.82 Å². The maximum atomic E-state index is 11.5. The van der Waals surface area contributed by atoms with Gasteiger partial charge in [-0.25, -0.2) is 4.79 Å². The molecule has 0 saturated carbocycles. The lowest BCUT2D eigenvalue weighted by Gasteiger charge is -2.19. The Labute approximate surface area is 129 Å². The molecule has 2 aromatic rings. The van der Waals surface area contributed by atoms with Gasteiger partial charge in [-0.15, -0.1) is 5.10 Å². The molecule has 1 aromatic heterocycles. The highest BCUT2D eigenvalue weighted by atomic mass is 16.5. The van der Waals surface area contributed by atoms with Gasteiger partial charge in [-0.2, -0.15) is 10.1 Å². The first kappa shape index (κ1) is 15.7. The van der Waals surface area contributed by atoms with E-state index in [1.54, 1.807) is 24.4 Å². The molecular formula is C15H19N5O2. The van der Waals surface area contributed by atoms with Gasteiger partial charge in [-0.1, -0.05) is 6.07 Å². The summed E-state index contributed by atoms with van der Waals surface area (Å²) in [5.74, 6) is 0.748. The minimum absolute atomic E-state index is 0.381. The van der Waals surface area contributed by atoms with Gasteiger partial charge in [-0.05, 0) is 32.0 Å². The molecule has 0 saturated heterocycles. The number of rotatable bonds is 6. The average Bonchev–Trinajstić information content (AvgIpc) is 2.56. The van der Waals surface area contributed by atoms with Gasteiger partial charge in [0, 0.05) is 18.8 Å². The predicted molar refractivity (Wildman–Crippen MR) is 84.5 cm³/mol. The zero-order valence-corrected chi connectivity index (χ0v) is 12.9. The van der Waals surface area contributed by atoms with Gasteiger partial charge in [0.2, 0.25) is 5.95 Å². The molecule has 1 N–H and O–H groups in total. The van der Waals surface area contributed by atoms with Crippen LogP contribution in [0.4, 0.5) is 17.5 Å². The third-order valence-corrected chi connectivity index (χ3v) is 3.17. The first-order valence-electron chi connectivity index (χ1n) is 7.08. The molecule has 1 aromatic carbocycles. The first-order valence-corrected chi connectivity index (χ1v) is 7.08. The van der Waals surface area contributed by atoms with E-state index in [0.29, 0.717) is 17.2 Å². The fourth-order valence-electron chi connectivity index (χ4n) is 2.02. The van der Waals surface area contributed by atoms with Gasteiger partial charge in [0.25, 0.3) is 0 Å². The minimum Gasteiger partial charge on any atom is -0.465 e. The maximum Gasteiger partial charge on any atom is 0.337 e. The van der Waals surface area contributed by atoms with E-state index >= 15 is 0 Å². The lowest BCUT2D eigenvalue weighted by Crippen LogP contribution is -2.23. The van der Waals surface area contributed by atoms with Gasteiger partial charge in [0.05, 0.1) is 18.9 Å². The molecule has 0 aliphatic rings. The normalized spacial score (nSPS) is 10.1. The number of esters is 1. The van der Waals surface area contributed by atoms with E-state index in [9.17, 15) is 4.79 Å². The minimum atomic E-state index is -0.389. The fourth-order valence-corrected chi connectivity index (χ4v) is 2.02. The number of carbonyl (C=O) groups excluding carboxylic acids is 1. The molecule has 22 heavy (non-hydrogen) atoms. The molecule has 0 radical (unpaired) electrons. The van der Waals surface area contributed by atoms with Crippen molar-refractivity contribution >= 4 is 23.4 Å². The van der Waals surface area contributed by atoms with Crippen LogP contribution in [0.5, 0.6) is 0 Å². The van der Waals surface area contributed by atoms with E-state index in [0.717, 1.165) is 18.9 Å². The van der Waals surface area contributed by atoms with E-state index in [1.807, 2.05) is 6.07 Å². The Morgan fingerprint density at radius 2 is 2.09 bits per heavy atom. The van der Waals surface area contributed by atoms with Crippen LogP contribution in [-0.4, -0.2) is 41.3 Å². The maximum absolute atomic E-state index is 11.5. The van der Waals surface area contributed by atoms with Crippen molar-refractivity contribution in [1.82, 2.24) is 15.2 Å². The van der Waals surface area contributed by atoms with Crippen LogP contribution in [0.15, 0.2) is 30.5 Å². The third-order valence-electron chi connectivity index (χ3n) is 3.17. The second-order valence-corrected chi connectivity index (χ2v) is 4.51. The second-order valence-electron chi connectivity index (χ2n) is 4.51. The molecule has 0 amide bonds. The van der Waals surface area contributed by atoms with Crippen LogP contribution >= 0.6 is 0 Å². The second kappa shape index (κ2) is 7.35. The zero-order valence-electron chi connectivity index (χ0n) is 12.9. The molecule has 0 unspecified atom stereocenters. The predicted octanol–water partition coefficient (Wildman–Crippen LogP) is 2.25. The summed E-state index contributed by atoms with van der Waals surface area (Å²) in [5, 5.41) is 11.0.